The van der Waals surface area contributed by atoms with Crippen molar-refractivity contribution in [2.75, 3.05) is 0 Å². The first-order valence-electron chi connectivity index (χ1n) is 2.51. The van der Waals surface area contributed by atoms with Crippen LogP contribution in [0.2, 0.25) is 0 Å². The summed E-state index contributed by atoms with van der Waals surface area (Å²) < 4.78 is 0. The lowest BCUT2D eigenvalue weighted by Gasteiger charge is -2.11. The van der Waals surface area contributed by atoms with Gasteiger partial charge in [0.05, 0.1) is 0 Å². The van der Waals surface area contributed by atoms with Gasteiger partial charge in [0.2, 0.25) is 0 Å². The minimum absolute atomic E-state index is 0.307. The Morgan fingerprint density at radius 1 is 1.78 bits per heavy atom. The first-order valence-corrected chi connectivity index (χ1v) is 3.33. The van der Waals surface area contributed by atoms with Gasteiger partial charge in [0.15, 0.2) is 0 Å². The number of nitrogens with zero attached hydrogens (tertiary/aromatic N) is 1. The largest absolute Gasteiger partial charge is 0.335 e. The third kappa shape index (κ3) is 1.88. The average Bonchev–Trinajstić information content (AvgIpc) is 1.59. The number of hydrogen-bond donors (Lipinski definition) is 1. The number of hydrogen-bond acceptors (Lipinski definition) is 2. The van der Waals surface area contributed by atoms with Gasteiger partial charge in [0.25, 0.3) is 0 Å². The highest BCUT2D eigenvalue weighted by Gasteiger charge is 2.06. The molecule has 0 aromatic rings. The summed E-state index contributed by atoms with van der Waals surface area (Å²) in [6.45, 7) is 1.81. The van der Waals surface area contributed by atoms with Crippen LogP contribution in [0.25, 0.3) is 0 Å². The smallest absolute Gasteiger partial charge is 0.147 e. The maximum absolute atomic E-state index is 5.62. The van der Waals surface area contributed by atoms with Gasteiger partial charge in [0.1, 0.15) is 16.5 Å². The molecule has 0 spiro atoms. The molecule has 0 amide bonds. The second-order valence-corrected chi connectivity index (χ2v) is 2.58. The Morgan fingerprint density at radius 2 is 2.44 bits per heavy atom. The molecule has 1 aliphatic heterocycles. The number of amidine groups is 1. The zero-order valence-electron chi connectivity index (χ0n) is 4.86. The Kier molecular flexibility index (Phi) is 1.98. The molecule has 0 aliphatic carbocycles. The summed E-state index contributed by atoms with van der Waals surface area (Å²) in [6, 6.07) is 0. The molecule has 4 heteroatoms. The highest BCUT2D eigenvalue weighted by Crippen LogP contribution is 2.10. The first kappa shape index (κ1) is 6.90. The van der Waals surface area contributed by atoms with E-state index in [0.717, 1.165) is 5.84 Å². The summed E-state index contributed by atoms with van der Waals surface area (Å²) >= 11 is 11.2. The van der Waals surface area contributed by atoms with Gasteiger partial charge >= 0.3 is 0 Å². The fraction of sp³-hybridized carbons (Fsp3) is 0.400. The maximum Gasteiger partial charge on any atom is 0.147 e. The molecule has 1 N–H and O–H groups in total. The van der Waals surface area contributed by atoms with Crippen LogP contribution in [-0.4, -0.2) is 11.3 Å². The lowest BCUT2D eigenvalue weighted by atomic mass is 10.5. The normalized spacial score (nSPS) is 26.3. The minimum Gasteiger partial charge on any atom is -0.335 e. The molecule has 1 unspecified atom stereocenters. The van der Waals surface area contributed by atoms with Crippen LogP contribution < -0.4 is 5.32 Å². The van der Waals surface area contributed by atoms with Crippen LogP contribution in [-0.2, 0) is 0 Å². The molecule has 0 aromatic carbocycles. The summed E-state index contributed by atoms with van der Waals surface area (Å²) in [6.07, 6.45) is 1.64. The second-order valence-electron chi connectivity index (χ2n) is 1.73. The molecule has 9 heavy (non-hydrogen) atoms. The summed E-state index contributed by atoms with van der Waals surface area (Å²) in [5, 5.41) is 3.35. The third-order valence-corrected chi connectivity index (χ3v) is 1.35. The van der Waals surface area contributed by atoms with Gasteiger partial charge in [-0.25, -0.2) is 4.99 Å². The third-order valence-electron chi connectivity index (χ3n) is 0.901. The Morgan fingerprint density at radius 3 is 2.89 bits per heavy atom. The minimum atomic E-state index is -0.307. The van der Waals surface area contributed by atoms with Gasteiger partial charge in [0, 0.05) is 0 Å². The average molecular weight is 165 g/mol. The Bertz CT molecular complexity index is 156. The fourth-order valence-electron chi connectivity index (χ4n) is 0.590. The number of rotatable bonds is 0. The molecule has 1 atom stereocenters. The molecule has 0 saturated heterocycles. The van der Waals surface area contributed by atoms with E-state index < -0.39 is 0 Å². The van der Waals surface area contributed by atoms with Crippen LogP contribution in [0.15, 0.2) is 16.2 Å². The summed E-state index contributed by atoms with van der Waals surface area (Å²) in [7, 11) is 0. The number of nitrogens with one attached hydrogen (secondary N) is 1. The number of aliphatic imine (C=N–C) groups is 1. The van der Waals surface area contributed by atoms with Crippen molar-refractivity contribution in [1.29, 1.82) is 0 Å². The van der Waals surface area contributed by atoms with Gasteiger partial charge in [-0.3, -0.25) is 0 Å². The molecule has 50 valence electrons. The summed E-state index contributed by atoms with van der Waals surface area (Å²) in [5.41, 5.74) is -0.307. The van der Waals surface area contributed by atoms with E-state index in [1.165, 1.54) is 0 Å². The van der Waals surface area contributed by atoms with Crippen LogP contribution in [0.3, 0.4) is 0 Å². The molecular weight excluding hydrogens is 159 g/mol. The first-order chi connectivity index (χ1) is 4.18. The van der Waals surface area contributed by atoms with Crippen molar-refractivity contribution < 1.29 is 0 Å². The lowest BCUT2D eigenvalue weighted by Crippen LogP contribution is -2.22. The molecule has 2 nitrogen and oxygen atoms in total. The Balaban J connectivity index is 2.69. The van der Waals surface area contributed by atoms with Crippen molar-refractivity contribution >= 4 is 29.0 Å². The van der Waals surface area contributed by atoms with Crippen LogP contribution >= 0.6 is 23.2 Å². The number of alkyl halides is 1. The predicted octanol–water partition coefficient (Wildman–Crippen LogP) is 1.65. The molecule has 0 radical (unpaired) electrons. The second kappa shape index (κ2) is 2.58. The maximum atomic E-state index is 5.62. The summed E-state index contributed by atoms with van der Waals surface area (Å²) in [4.78, 5) is 3.94. The molecule has 1 heterocycles. The topological polar surface area (TPSA) is 24.4 Å². The van der Waals surface area contributed by atoms with Crippen molar-refractivity contribution in [3.8, 4) is 0 Å². The molecule has 0 fully saturated rings. The SMILES string of the molecule is CC1=NC(Cl)C=C(Cl)N1. The van der Waals surface area contributed by atoms with Gasteiger partial charge in [-0.1, -0.05) is 23.2 Å². The molecule has 0 saturated carbocycles. The van der Waals surface area contributed by atoms with Crippen molar-refractivity contribution in [2.24, 2.45) is 4.99 Å². The van der Waals surface area contributed by atoms with E-state index in [4.69, 9.17) is 23.2 Å². The molecular formula is C5H6Cl2N2. The zero-order valence-corrected chi connectivity index (χ0v) is 6.37. The van der Waals surface area contributed by atoms with Crippen molar-refractivity contribution in [2.45, 2.75) is 12.4 Å². The van der Waals surface area contributed by atoms with E-state index >= 15 is 0 Å². The van der Waals surface area contributed by atoms with Crippen LogP contribution in [0, 0.1) is 0 Å². The summed E-state index contributed by atoms with van der Waals surface area (Å²) in [5.74, 6) is 0.752. The number of halogens is 2. The van der Waals surface area contributed by atoms with Crippen LogP contribution in [0.4, 0.5) is 0 Å². The fourth-order valence-corrected chi connectivity index (χ4v) is 1.18. The van der Waals surface area contributed by atoms with E-state index in [0.29, 0.717) is 5.16 Å². The Hall–Kier alpha value is -0.210. The predicted molar refractivity (Wildman–Crippen MR) is 39.8 cm³/mol. The highest BCUT2D eigenvalue weighted by molar-refractivity contribution is 6.32. The van der Waals surface area contributed by atoms with Crippen molar-refractivity contribution in [1.82, 2.24) is 5.32 Å². The highest BCUT2D eigenvalue weighted by atomic mass is 35.5. The van der Waals surface area contributed by atoms with E-state index in [1.807, 2.05) is 6.92 Å². The van der Waals surface area contributed by atoms with E-state index in [-0.39, 0.29) is 5.50 Å². The van der Waals surface area contributed by atoms with E-state index in [2.05, 4.69) is 10.3 Å². The van der Waals surface area contributed by atoms with Crippen molar-refractivity contribution in [3.63, 3.8) is 0 Å². The monoisotopic (exact) mass is 164 g/mol. The molecule has 0 aromatic heterocycles. The van der Waals surface area contributed by atoms with Crippen molar-refractivity contribution in [3.05, 3.63) is 11.2 Å². The molecule has 1 rings (SSSR count). The van der Waals surface area contributed by atoms with Gasteiger partial charge in [-0.2, -0.15) is 0 Å². The lowest BCUT2D eigenvalue weighted by molar-refractivity contribution is 1.02. The van der Waals surface area contributed by atoms with Crippen LogP contribution in [0.1, 0.15) is 6.92 Å². The quantitative estimate of drug-likeness (QED) is 0.428. The van der Waals surface area contributed by atoms with Gasteiger partial charge in [-0.05, 0) is 13.0 Å². The van der Waals surface area contributed by atoms with Gasteiger partial charge in [-0.15, -0.1) is 0 Å². The van der Waals surface area contributed by atoms with Gasteiger partial charge < -0.3 is 5.32 Å². The van der Waals surface area contributed by atoms with Crippen LogP contribution in [0.5, 0.6) is 0 Å². The zero-order chi connectivity index (χ0) is 6.85. The standard InChI is InChI=1S/C5H6Cl2N2/c1-3-8-4(6)2-5(7)9-3/h2,4H,1H3,(H,8,9). The molecule has 0 bridgehead atoms. The molecule has 1 aliphatic rings. The van der Waals surface area contributed by atoms with E-state index in [9.17, 15) is 0 Å². The van der Waals surface area contributed by atoms with E-state index in [1.54, 1.807) is 6.08 Å². The Labute approximate surface area is 63.6 Å².